The summed E-state index contributed by atoms with van der Waals surface area (Å²) in [6, 6.07) is 5.84. The molecule has 2 unspecified atom stereocenters. The fraction of sp³-hybridized carbons (Fsp3) is 0.533. The standard InChI is InChI=1S/C15H21ClN2O2/c1-10-13(4-3-7-17-10)18-15(19)9-11-8-12(16)5-6-14(11)20-2/h5-6,8,10,13,17H,3-4,7,9H2,1-2H3,(H,18,19). The van der Waals surface area contributed by atoms with Gasteiger partial charge in [0, 0.05) is 22.7 Å². The van der Waals surface area contributed by atoms with E-state index in [1.165, 1.54) is 0 Å². The third kappa shape index (κ3) is 3.87. The summed E-state index contributed by atoms with van der Waals surface area (Å²) in [5.41, 5.74) is 0.814. The third-order valence-corrected chi connectivity index (χ3v) is 3.94. The van der Waals surface area contributed by atoms with E-state index in [0.29, 0.717) is 16.8 Å². The van der Waals surface area contributed by atoms with Gasteiger partial charge in [-0.25, -0.2) is 0 Å². The summed E-state index contributed by atoms with van der Waals surface area (Å²) in [6.45, 7) is 3.12. The number of rotatable bonds is 4. The maximum atomic E-state index is 12.2. The zero-order chi connectivity index (χ0) is 14.5. The molecule has 1 aliphatic rings. The first-order chi connectivity index (χ1) is 9.60. The van der Waals surface area contributed by atoms with E-state index in [1.54, 1.807) is 25.3 Å². The summed E-state index contributed by atoms with van der Waals surface area (Å²) in [6.07, 6.45) is 2.40. The molecule has 110 valence electrons. The highest BCUT2D eigenvalue weighted by Crippen LogP contribution is 2.23. The van der Waals surface area contributed by atoms with Crippen LogP contribution >= 0.6 is 11.6 Å². The normalized spacial score (nSPS) is 22.4. The van der Waals surface area contributed by atoms with Crippen LogP contribution in [0.15, 0.2) is 18.2 Å². The summed E-state index contributed by atoms with van der Waals surface area (Å²) in [4.78, 5) is 12.2. The Morgan fingerprint density at radius 1 is 1.55 bits per heavy atom. The van der Waals surface area contributed by atoms with E-state index in [2.05, 4.69) is 17.6 Å². The number of carbonyl (C=O) groups excluding carboxylic acids is 1. The number of carbonyl (C=O) groups is 1. The number of halogens is 1. The van der Waals surface area contributed by atoms with Crippen molar-refractivity contribution in [3.8, 4) is 5.75 Å². The van der Waals surface area contributed by atoms with Crippen LogP contribution in [0.5, 0.6) is 5.75 Å². The number of nitrogens with one attached hydrogen (secondary N) is 2. The van der Waals surface area contributed by atoms with Crippen LogP contribution in [0.2, 0.25) is 5.02 Å². The molecular weight excluding hydrogens is 276 g/mol. The van der Waals surface area contributed by atoms with Crippen molar-refractivity contribution in [2.75, 3.05) is 13.7 Å². The van der Waals surface area contributed by atoms with E-state index >= 15 is 0 Å². The summed E-state index contributed by atoms with van der Waals surface area (Å²) in [7, 11) is 1.60. The second kappa shape index (κ2) is 6.95. The molecule has 5 heteroatoms. The SMILES string of the molecule is COc1ccc(Cl)cc1CC(=O)NC1CCCNC1C. The Morgan fingerprint density at radius 2 is 2.35 bits per heavy atom. The second-order valence-corrected chi connectivity index (χ2v) is 5.63. The van der Waals surface area contributed by atoms with Gasteiger partial charge in [0.25, 0.3) is 0 Å². The maximum absolute atomic E-state index is 12.2. The van der Waals surface area contributed by atoms with Gasteiger partial charge in [0.05, 0.1) is 13.5 Å². The predicted octanol–water partition coefficient (Wildman–Crippen LogP) is 2.15. The quantitative estimate of drug-likeness (QED) is 0.895. The van der Waals surface area contributed by atoms with Crippen molar-refractivity contribution < 1.29 is 9.53 Å². The van der Waals surface area contributed by atoms with Gasteiger partial charge in [-0.3, -0.25) is 4.79 Å². The molecule has 1 amide bonds. The molecule has 2 rings (SSSR count). The van der Waals surface area contributed by atoms with Crippen molar-refractivity contribution >= 4 is 17.5 Å². The molecule has 2 N–H and O–H groups in total. The Labute approximate surface area is 124 Å². The highest BCUT2D eigenvalue weighted by atomic mass is 35.5. The first-order valence-electron chi connectivity index (χ1n) is 6.95. The number of methoxy groups -OCH3 is 1. The Kier molecular flexibility index (Phi) is 5.26. The summed E-state index contributed by atoms with van der Waals surface area (Å²) < 4.78 is 5.26. The van der Waals surface area contributed by atoms with Crippen molar-refractivity contribution in [1.29, 1.82) is 0 Å². The van der Waals surface area contributed by atoms with Gasteiger partial charge >= 0.3 is 0 Å². The predicted molar refractivity (Wildman–Crippen MR) is 80.3 cm³/mol. The maximum Gasteiger partial charge on any atom is 0.224 e. The molecule has 0 radical (unpaired) electrons. The molecule has 4 nitrogen and oxygen atoms in total. The molecule has 20 heavy (non-hydrogen) atoms. The molecule has 0 aliphatic carbocycles. The van der Waals surface area contributed by atoms with E-state index < -0.39 is 0 Å². The third-order valence-electron chi connectivity index (χ3n) is 3.70. The molecule has 1 aromatic rings. The van der Waals surface area contributed by atoms with Gasteiger partial charge in [-0.15, -0.1) is 0 Å². The van der Waals surface area contributed by atoms with Gasteiger partial charge in [0.2, 0.25) is 5.91 Å². The average molecular weight is 297 g/mol. The van der Waals surface area contributed by atoms with Crippen LogP contribution in [0, 0.1) is 0 Å². The van der Waals surface area contributed by atoms with E-state index in [9.17, 15) is 4.79 Å². The molecule has 1 fully saturated rings. The topological polar surface area (TPSA) is 50.4 Å². The zero-order valence-corrected chi connectivity index (χ0v) is 12.7. The van der Waals surface area contributed by atoms with Gasteiger partial charge in [-0.1, -0.05) is 11.6 Å². The number of ether oxygens (including phenoxy) is 1. The van der Waals surface area contributed by atoms with Crippen molar-refractivity contribution in [2.45, 2.75) is 38.3 Å². The molecule has 0 spiro atoms. The molecule has 1 aromatic carbocycles. The van der Waals surface area contributed by atoms with E-state index in [4.69, 9.17) is 16.3 Å². The highest BCUT2D eigenvalue weighted by Gasteiger charge is 2.22. The van der Waals surface area contributed by atoms with Crippen LogP contribution in [0.4, 0.5) is 0 Å². The van der Waals surface area contributed by atoms with Crippen LogP contribution in [-0.4, -0.2) is 31.6 Å². The van der Waals surface area contributed by atoms with Crippen LogP contribution in [0.25, 0.3) is 0 Å². The lowest BCUT2D eigenvalue weighted by molar-refractivity contribution is -0.121. The number of hydrogen-bond donors (Lipinski definition) is 2. The molecule has 1 heterocycles. The Hall–Kier alpha value is -1.26. The average Bonchev–Trinajstić information content (AvgIpc) is 2.41. The van der Waals surface area contributed by atoms with Crippen LogP contribution in [0.3, 0.4) is 0 Å². The lowest BCUT2D eigenvalue weighted by atomic mass is 9.99. The minimum Gasteiger partial charge on any atom is -0.496 e. The summed E-state index contributed by atoms with van der Waals surface area (Å²) in [5.74, 6) is 0.700. The molecule has 1 saturated heterocycles. The minimum absolute atomic E-state index is 0.00566. The minimum atomic E-state index is 0.00566. The lowest BCUT2D eigenvalue weighted by Crippen LogP contribution is -2.52. The number of benzene rings is 1. The van der Waals surface area contributed by atoms with Crippen molar-refractivity contribution in [3.63, 3.8) is 0 Å². The van der Waals surface area contributed by atoms with Crippen LogP contribution < -0.4 is 15.4 Å². The summed E-state index contributed by atoms with van der Waals surface area (Å²) in [5, 5.41) is 7.07. The summed E-state index contributed by atoms with van der Waals surface area (Å²) >= 11 is 5.98. The number of piperidine rings is 1. The van der Waals surface area contributed by atoms with Crippen LogP contribution in [-0.2, 0) is 11.2 Å². The van der Waals surface area contributed by atoms with Gasteiger partial charge in [-0.2, -0.15) is 0 Å². The monoisotopic (exact) mass is 296 g/mol. The fourth-order valence-electron chi connectivity index (χ4n) is 2.56. The second-order valence-electron chi connectivity index (χ2n) is 5.19. The van der Waals surface area contributed by atoms with Crippen molar-refractivity contribution in [1.82, 2.24) is 10.6 Å². The first kappa shape index (κ1) is 15.1. The largest absolute Gasteiger partial charge is 0.496 e. The van der Waals surface area contributed by atoms with E-state index in [0.717, 1.165) is 24.9 Å². The lowest BCUT2D eigenvalue weighted by Gasteiger charge is -2.30. The zero-order valence-electron chi connectivity index (χ0n) is 11.9. The van der Waals surface area contributed by atoms with Gasteiger partial charge < -0.3 is 15.4 Å². The molecule has 2 atom stereocenters. The Balaban J connectivity index is 1.99. The molecular formula is C15H21ClN2O2. The fourth-order valence-corrected chi connectivity index (χ4v) is 2.75. The molecule has 0 bridgehead atoms. The van der Waals surface area contributed by atoms with E-state index in [1.807, 2.05) is 0 Å². The van der Waals surface area contributed by atoms with Crippen molar-refractivity contribution in [3.05, 3.63) is 28.8 Å². The first-order valence-corrected chi connectivity index (χ1v) is 7.33. The molecule has 0 aromatic heterocycles. The Bertz CT molecular complexity index is 479. The Morgan fingerprint density at radius 3 is 3.05 bits per heavy atom. The number of amides is 1. The smallest absolute Gasteiger partial charge is 0.224 e. The number of hydrogen-bond acceptors (Lipinski definition) is 3. The molecule has 0 saturated carbocycles. The van der Waals surface area contributed by atoms with Crippen molar-refractivity contribution in [2.24, 2.45) is 0 Å². The van der Waals surface area contributed by atoms with E-state index in [-0.39, 0.29) is 18.4 Å². The molecule has 1 aliphatic heterocycles. The van der Waals surface area contributed by atoms with Gasteiger partial charge in [0.1, 0.15) is 5.75 Å². The van der Waals surface area contributed by atoms with Crippen LogP contribution in [0.1, 0.15) is 25.3 Å². The van der Waals surface area contributed by atoms with Gasteiger partial charge in [0.15, 0.2) is 0 Å². The van der Waals surface area contributed by atoms with Gasteiger partial charge in [-0.05, 0) is 44.5 Å². The highest BCUT2D eigenvalue weighted by molar-refractivity contribution is 6.30.